The van der Waals surface area contributed by atoms with Crippen LogP contribution >= 0.6 is 34.5 Å². The van der Waals surface area contributed by atoms with Crippen LogP contribution in [0.25, 0.3) is 10.4 Å². The predicted octanol–water partition coefficient (Wildman–Crippen LogP) is 5.18. The molecule has 0 aliphatic carbocycles. The Bertz CT molecular complexity index is 2620. The first-order valence-electron chi connectivity index (χ1n) is 23.3. The van der Waals surface area contributed by atoms with E-state index in [2.05, 4.69) is 32.5 Å². The second kappa shape index (κ2) is 22.7. The molecule has 3 N–H and O–H groups in total. The molecule has 2 bridgehead atoms. The number of thiazole rings is 1. The number of aliphatic hydroxyl groups excluding tert-OH is 1. The van der Waals surface area contributed by atoms with Crippen molar-refractivity contribution in [2.45, 2.75) is 115 Å². The molecule has 3 saturated heterocycles. The molecule has 3 aliphatic rings. The van der Waals surface area contributed by atoms with Crippen LogP contribution in [0.1, 0.15) is 76.4 Å². The molecule has 378 valence electrons. The Hall–Kier alpha value is -4.80. The summed E-state index contributed by atoms with van der Waals surface area (Å²) < 4.78 is 42.6. The maximum atomic E-state index is 14.3. The van der Waals surface area contributed by atoms with Crippen LogP contribution in [0.15, 0.2) is 71.7 Å². The Morgan fingerprint density at radius 1 is 1.04 bits per heavy atom. The number of aryl methyl sites for hydroxylation is 1. The van der Waals surface area contributed by atoms with Crippen LogP contribution in [-0.2, 0) is 51.8 Å². The number of aromatic nitrogens is 4. The quantitative estimate of drug-likeness (QED) is 0.0818. The minimum absolute atomic E-state index is 0.0455. The van der Waals surface area contributed by atoms with Gasteiger partial charge in [0, 0.05) is 48.1 Å². The number of sulfonamides is 1. The van der Waals surface area contributed by atoms with Crippen LogP contribution in [0, 0.1) is 18.3 Å². The van der Waals surface area contributed by atoms with Gasteiger partial charge in [0.1, 0.15) is 30.4 Å². The van der Waals surface area contributed by atoms with Gasteiger partial charge in [0.15, 0.2) is 0 Å². The van der Waals surface area contributed by atoms with Gasteiger partial charge < -0.3 is 35.0 Å². The number of hydrogen-bond acceptors (Lipinski definition) is 13. The number of benzene rings is 2. The van der Waals surface area contributed by atoms with Crippen molar-refractivity contribution in [1.29, 1.82) is 0 Å². The van der Waals surface area contributed by atoms with E-state index in [-0.39, 0.29) is 79.2 Å². The molecule has 2 aromatic heterocycles. The zero-order chi connectivity index (χ0) is 50.5. The Labute approximate surface area is 422 Å². The van der Waals surface area contributed by atoms with Crippen LogP contribution in [0.2, 0.25) is 10.0 Å². The fraction of sp³-hybridized carbons (Fsp3) is 0.521. The average molecular weight is 1040 g/mol. The number of β-amino-alcohol motifs (C(OH)–C–C–N with tert-alkyl or cyclic N) is 1. The van der Waals surface area contributed by atoms with Crippen molar-refractivity contribution in [2.75, 3.05) is 39.5 Å². The number of aliphatic hydroxyl groups is 1. The van der Waals surface area contributed by atoms with Gasteiger partial charge in [-0.15, -0.1) is 23.0 Å². The molecule has 0 spiro atoms. The molecule has 4 amide bonds. The van der Waals surface area contributed by atoms with Gasteiger partial charge in [-0.3, -0.25) is 19.2 Å². The van der Waals surface area contributed by atoms with E-state index in [1.807, 2.05) is 58.9 Å². The summed E-state index contributed by atoms with van der Waals surface area (Å²) in [5.41, 5.74) is 4.44. The van der Waals surface area contributed by atoms with Crippen molar-refractivity contribution in [2.24, 2.45) is 11.3 Å². The lowest BCUT2D eigenvalue weighted by Gasteiger charge is -2.40. The molecular weight excluding hydrogens is 982 g/mol. The lowest BCUT2D eigenvalue weighted by molar-refractivity contribution is -0.144. The van der Waals surface area contributed by atoms with Crippen molar-refractivity contribution in [3.8, 4) is 10.4 Å². The highest BCUT2D eigenvalue weighted by Crippen LogP contribution is 2.40. The molecule has 22 heteroatoms. The van der Waals surface area contributed by atoms with Crippen LogP contribution in [0.4, 0.5) is 0 Å². The normalized spacial score (nSPS) is 21.8. The minimum atomic E-state index is -4.17. The number of amides is 4. The number of ether oxygens (including phenoxy) is 2. The van der Waals surface area contributed by atoms with E-state index in [1.165, 1.54) is 27.4 Å². The molecule has 3 fully saturated rings. The van der Waals surface area contributed by atoms with Gasteiger partial charge in [-0.1, -0.05) is 79.5 Å². The van der Waals surface area contributed by atoms with Gasteiger partial charge in [-0.05, 0) is 67.9 Å². The van der Waals surface area contributed by atoms with Crippen molar-refractivity contribution in [1.82, 2.24) is 44.7 Å². The molecule has 70 heavy (non-hydrogen) atoms. The summed E-state index contributed by atoms with van der Waals surface area (Å²) in [7, 11) is -4.17. The maximum Gasteiger partial charge on any atom is 0.246 e. The highest BCUT2D eigenvalue weighted by atomic mass is 35.5. The largest absolute Gasteiger partial charge is 0.391 e. The number of carbonyl (C=O) groups excluding carboxylic acids is 4. The average Bonchev–Trinajstić information content (AvgIpc) is 4.07. The van der Waals surface area contributed by atoms with Crippen molar-refractivity contribution in [3.05, 3.63) is 93.8 Å². The van der Waals surface area contributed by atoms with Gasteiger partial charge in [0.25, 0.3) is 0 Å². The van der Waals surface area contributed by atoms with E-state index in [4.69, 9.17) is 32.7 Å². The number of carbonyl (C=O) groups is 4. The van der Waals surface area contributed by atoms with Crippen molar-refractivity contribution >= 4 is 68.2 Å². The molecular formula is C48H61Cl2N9O9S2. The van der Waals surface area contributed by atoms with E-state index >= 15 is 0 Å². The monoisotopic (exact) mass is 1040 g/mol. The maximum absolute atomic E-state index is 14.3. The number of rotatable bonds is 19. The third kappa shape index (κ3) is 12.3. The lowest BCUT2D eigenvalue weighted by atomic mass is 9.85. The van der Waals surface area contributed by atoms with Crippen LogP contribution in [-0.4, -0.2) is 141 Å². The van der Waals surface area contributed by atoms with Gasteiger partial charge in [0.2, 0.25) is 33.7 Å². The number of likely N-dealkylation sites (tertiary alicyclic amines) is 1. The number of nitrogens with zero attached hydrogens (tertiary/aromatic N) is 7. The summed E-state index contributed by atoms with van der Waals surface area (Å²) in [4.78, 5) is 63.2. The number of piperidine rings is 1. The van der Waals surface area contributed by atoms with Crippen molar-refractivity contribution < 1.29 is 42.2 Å². The molecule has 5 heterocycles. The zero-order valence-electron chi connectivity index (χ0n) is 39.9. The molecule has 18 nitrogen and oxygen atoms in total. The SMILES string of the molecule is C=C[C@H]1CN([C@@H](C)c2cn(CCOCCOCC(=O)N[C@H](C(=O)N3C[C@H](O)C[C@H]3C(=O)NCc3ccc(-c4scnc4C)cc3)C(C)(C)C)nn2)C(=O)[C@@H]2CCC[C@H]1N2S(=O)(=O)c1cc(Cl)cc(Cl)c1. The Morgan fingerprint density at radius 3 is 2.43 bits per heavy atom. The topological polar surface area (TPSA) is 218 Å². The molecule has 4 aromatic rings. The fourth-order valence-electron chi connectivity index (χ4n) is 9.30. The minimum Gasteiger partial charge on any atom is -0.391 e. The van der Waals surface area contributed by atoms with E-state index < -0.39 is 69.5 Å². The first-order valence-corrected chi connectivity index (χ1v) is 26.4. The zero-order valence-corrected chi connectivity index (χ0v) is 43.1. The molecule has 7 rings (SSSR count). The molecule has 2 aromatic carbocycles. The molecule has 0 unspecified atom stereocenters. The Kier molecular flexibility index (Phi) is 17.2. The summed E-state index contributed by atoms with van der Waals surface area (Å²) in [6, 6.07) is 8.06. The summed E-state index contributed by atoms with van der Waals surface area (Å²) >= 11 is 14.0. The standard InChI is InChI=1S/C48H61Cl2N9O9S2/c1-7-32-24-57(46(63)40-10-8-9-39(32)59(40)70(65,66)37-20-34(49)19-35(50)21-37)30(3)38-26-56(55-54-38)15-16-67-17-18-68-27-42(61)53-44(48(4,5)6)47(64)58-25-36(60)22-41(58)45(62)51-23-31-11-13-33(14-12-31)43-29(2)52-28-69-43/h7,11-14,19-21,26,28,30,32,36,39-41,44,60H,1,8-10,15-18,22-25,27H2,2-6H3,(H,51,62)(H,53,61)/t30-,32-,36+,39+,40-,41-,44+/m0/s1. The molecule has 0 radical (unpaired) electrons. The summed E-state index contributed by atoms with van der Waals surface area (Å²) in [5, 5.41) is 25.2. The number of fused-ring (bicyclic) bond motifs is 2. The van der Waals surface area contributed by atoms with Crippen LogP contribution in [0.3, 0.4) is 0 Å². The van der Waals surface area contributed by atoms with E-state index in [0.29, 0.717) is 31.5 Å². The van der Waals surface area contributed by atoms with Gasteiger partial charge >= 0.3 is 0 Å². The summed E-state index contributed by atoms with van der Waals surface area (Å²) in [6.07, 6.45) is 4.19. The first kappa shape index (κ1) is 53.0. The molecule has 0 saturated carbocycles. The Morgan fingerprint density at radius 2 is 1.76 bits per heavy atom. The van der Waals surface area contributed by atoms with Gasteiger partial charge in [0.05, 0.1) is 65.7 Å². The summed E-state index contributed by atoms with van der Waals surface area (Å²) in [6.45, 7) is 14.1. The smallest absolute Gasteiger partial charge is 0.246 e. The summed E-state index contributed by atoms with van der Waals surface area (Å²) in [5.74, 6) is -2.09. The Balaban J connectivity index is 0.859. The molecule has 7 atom stereocenters. The van der Waals surface area contributed by atoms with Gasteiger partial charge in [-0.25, -0.2) is 18.1 Å². The third-order valence-corrected chi connectivity index (χ3v) is 16.4. The second-order valence-corrected chi connectivity index (χ2v) is 22.6. The number of nitrogens with one attached hydrogen (secondary N) is 2. The van der Waals surface area contributed by atoms with E-state index in [0.717, 1.165) is 21.7 Å². The number of hydrogen-bond donors (Lipinski definition) is 3. The predicted molar refractivity (Wildman–Crippen MR) is 264 cm³/mol. The fourth-order valence-corrected chi connectivity index (χ4v) is 12.7. The van der Waals surface area contributed by atoms with Gasteiger partial charge in [-0.2, -0.15) is 4.31 Å². The lowest BCUT2D eigenvalue weighted by Crippen LogP contribution is -2.58. The van der Waals surface area contributed by atoms with Crippen LogP contribution < -0.4 is 10.6 Å². The van der Waals surface area contributed by atoms with Crippen LogP contribution in [0.5, 0.6) is 0 Å². The molecule has 3 aliphatic heterocycles. The highest BCUT2D eigenvalue weighted by Gasteiger charge is 2.51. The van der Waals surface area contributed by atoms with Crippen molar-refractivity contribution in [3.63, 3.8) is 0 Å². The third-order valence-electron chi connectivity index (χ3n) is 13.0. The second-order valence-electron chi connectivity index (χ2n) is 19.0. The van der Waals surface area contributed by atoms with E-state index in [9.17, 15) is 32.7 Å². The highest BCUT2D eigenvalue weighted by molar-refractivity contribution is 7.89. The van der Waals surface area contributed by atoms with E-state index in [1.54, 1.807) is 38.7 Å². The first-order chi connectivity index (χ1) is 33.3. The number of halogens is 2.